The predicted molar refractivity (Wildman–Crippen MR) is 338 cm³/mol. The van der Waals surface area contributed by atoms with Gasteiger partial charge in [-0.3, -0.25) is 14.4 Å². The van der Waals surface area contributed by atoms with Gasteiger partial charge in [0.2, 0.25) is 0 Å². The van der Waals surface area contributed by atoms with E-state index in [1.165, 1.54) is 70.6 Å². The molecule has 0 aliphatic heterocycles. The lowest BCUT2D eigenvalue weighted by molar-refractivity contribution is -0.166. The van der Waals surface area contributed by atoms with Crippen LogP contribution in [-0.2, 0) is 28.6 Å². The van der Waals surface area contributed by atoms with Gasteiger partial charge in [0.1, 0.15) is 13.2 Å². The van der Waals surface area contributed by atoms with Crippen LogP contribution in [0.4, 0.5) is 0 Å². The molecule has 0 aromatic carbocycles. The summed E-state index contributed by atoms with van der Waals surface area (Å²) in [4.78, 5) is 38.2. The summed E-state index contributed by atoms with van der Waals surface area (Å²) in [6.45, 7) is 6.32. The van der Waals surface area contributed by atoms with Crippen LogP contribution in [-0.4, -0.2) is 37.2 Å². The third kappa shape index (κ3) is 61.9. The Balaban J connectivity index is 4.39. The second kappa shape index (κ2) is 64.6. The summed E-state index contributed by atoms with van der Waals surface area (Å²) in [6.07, 6.45) is 94.1. The molecule has 0 radical (unpaired) electrons. The van der Waals surface area contributed by atoms with E-state index < -0.39 is 6.10 Å². The Morgan fingerprint density at radius 2 is 0.526 bits per heavy atom. The predicted octanol–water partition coefficient (Wildman–Crippen LogP) is 21.7. The zero-order valence-corrected chi connectivity index (χ0v) is 50.1. The maximum Gasteiger partial charge on any atom is 0.306 e. The SMILES string of the molecule is CC/C=C\C/C=C\C/C=C\C/C=C\C/C=C\C/C=C\C/C=C\C/C=C\CCCCCCCCC(=O)OCC(COC(=O)CC/C=C\C/C=C\C/C=C\C/C=C\CC)OC(=O)CCCCCCC/C=C\CCCCCCCCC. The van der Waals surface area contributed by atoms with Crippen LogP contribution in [0, 0.1) is 0 Å². The number of hydrogen-bond donors (Lipinski definition) is 0. The van der Waals surface area contributed by atoms with Gasteiger partial charge < -0.3 is 14.2 Å². The first-order valence-electron chi connectivity index (χ1n) is 31.5. The lowest BCUT2D eigenvalue weighted by Crippen LogP contribution is -2.30. The van der Waals surface area contributed by atoms with Gasteiger partial charge in [-0.1, -0.05) is 262 Å². The van der Waals surface area contributed by atoms with Crippen molar-refractivity contribution in [2.24, 2.45) is 0 Å². The molecule has 0 saturated heterocycles. The Kier molecular flexibility index (Phi) is 60.4. The lowest BCUT2D eigenvalue weighted by Gasteiger charge is -2.18. The van der Waals surface area contributed by atoms with Crippen molar-refractivity contribution >= 4 is 17.9 Å². The highest BCUT2D eigenvalue weighted by atomic mass is 16.6. The molecule has 0 rings (SSSR count). The van der Waals surface area contributed by atoms with Crippen molar-refractivity contribution in [2.75, 3.05) is 13.2 Å². The Morgan fingerprint density at radius 3 is 0.872 bits per heavy atom. The van der Waals surface area contributed by atoms with Crippen LogP contribution >= 0.6 is 0 Å². The molecule has 0 fully saturated rings. The van der Waals surface area contributed by atoms with Crippen LogP contribution in [0.25, 0.3) is 0 Å². The van der Waals surface area contributed by atoms with Crippen LogP contribution in [0.2, 0.25) is 0 Å². The molecule has 6 heteroatoms. The van der Waals surface area contributed by atoms with Crippen molar-refractivity contribution in [3.05, 3.63) is 158 Å². The first kappa shape index (κ1) is 73.0. The van der Waals surface area contributed by atoms with E-state index in [9.17, 15) is 14.4 Å². The third-order valence-corrected chi connectivity index (χ3v) is 12.8. The number of ether oxygens (including phenoxy) is 3. The minimum Gasteiger partial charge on any atom is -0.462 e. The molecule has 0 aliphatic carbocycles. The minimum atomic E-state index is -0.825. The first-order chi connectivity index (χ1) is 38.5. The summed E-state index contributed by atoms with van der Waals surface area (Å²) in [5.41, 5.74) is 0. The molecule has 0 N–H and O–H groups in total. The highest BCUT2D eigenvalue weighted by molar-refractivity contribution is 5.71. The van der Waals surface area contributed by atoms with E-state index in [1.807, 2.05) is 12.2 Å². The molecule has 1 unspecified atom stereocenters. The van der Waals surface area contributed by atoms with Gasteiger partial charge in [0.15, 0.2) is 6.10 Å². The fraction of sp³-hybridized carbons (Fsp3) is 0.597. The normalized spacial score (nSPS) is 13.2. The fourth-order valence-electron chi connectivity index (χ4n) is 8.11. The van der Waals surface area contributed by atoms with E-state index in [-0.39, 0.29) is 37.5 Å². The van der Waals surface area contributed by atoms with Gasteiger partial charge >= 0.3 is 17.9 Å². The molecule has 6 nitrogen and oxygen atoms in total. The molecule has 1 atom stereocenters. The van der Waals surface area contributed by atoms with Crippen molar-refractivity contribution in [3.63, 3.8) is 0 Å². The number of allylic oxidation sites excluding steroid dienone is 26. The van der Waals surface area contributed by atoms with Gasteiger partial charge in [0.25, 0.3) is 0 Å². The second-order valence-corrected chi connectivity index (χ2v) is 20.2. The largest absolute Gasteiger partial charge is 0.462 e. The zero-order chi connectivity index (χ0) is 56.4. The van der Waals surface area contributed by atoms with Crippen LogP contribution in [0.15, 0.2) is 158 Å². The zero-order valence-electron chi connectivity index (χ0n) is 50.1. The summed E-state index contributed by atoms with van der Waals surface area (Å²) in [7, 11) is 0. The van der Waals surface area contributed by atoms with Crippen LogP contribution in [0.5, 0.6) is 0 Å². The molecular weight excluding hydrogens is 961 g/mol. The summed E-state index contributed by atoms with van der Waals surface area (Å²) in [6, 6.07) is 0. The molecular formula is C72H114O6. The topological polar surface area (TPSA) is 78.9 Å². The van der Waals surface area contributed by atoms with Gasteiger partial charge in [0.05, 0.1) is 0 Å². The Labute approximate surface area is 480 Å². The standard InChI is InChI=1S/C72H114O6/c1-4-7-10-13-16-19-22-25-27-29-30-31-32-33-34-35-36-37-38-39-40-41-42-43-45-47-50-53-56-59-62-65-71(74)77-68-69(67-76-70(73)64-61-58-55-52-49-46-24-21-18-15-12-9-6-3)78-72(75)66-63-60-57-54-51-48-44-28-26-23-20-17-14-11-8-5-2/h7,9-10,12,16,18-19,21,25,27-28,30-31,33-34,36-37,39-40,42-44,46,49,55,58,69H,4-6,8,11,13-15,17,20,22-24,26,29,32,35,38,41,45,47-48,50-54,56-57,59-68H2,1-3H3/b10-7-,12-9-,19-16-,21-18-,27-25-,31-30-,34-33-,37-36-,40-39-,43-42-,44-28-,49-46-,58-55-. The Bertz CT molecular complexity index is 1760. The Hall–Kier alpha value is -4.97. The van der Waals surface area contributed by atoms with E-state index in [0.29, 0.717) is 19.3 Å². The van der Waals surface area contributed by atoms with E-state index in [2.05, 4.69) is 167 Å². The highest BCUT2D eigenvalue weighted by Gasteiger charge is 2.19. The van der Waals surface area contributed by atoms with Crippen molar-refractivity contribution in [2.45, 2.75) is 264 Å². The van der Waals surface area contributed by atoms with Gasteiger partial charge in [-0.15, -0.1) is 0 Å². The average molecular weight is 1080 g/mol. The number of hydrogen-bond acceptors (Lipinski definition) is 6. The second-order valence-electron chi connectivity index (χ2n) is 20.2. The monoisotopic (exact) mass is 1070 g/mol. The molecule has 0 aliphatic rings. The third-order valence-electron chi connectivity index (χ3n) is 12.8. The summed E-state index contributed by atoms with van der Waals surface area (Å²) >= 11 is 0. The minimum absolute atomic E-state index is 0.117. The van der Waals surface area contributed by atoms with Crippen LogP contribution < -0.4 is 0 Å². The van der Waals surface area contributed by atoms with Crippen molar-refractivity contribution in [1.82, 2.24) is 0 Å². The lowest BCUT2D eigenvalue weighted by atomic mass is 10.1. The number of esters is 3. The quantitative estimate of drug-likeness (QED) is 0.0261. The molecule has 0 amide bonds. The van der Waals surface area contributed by atoms with Crippen molar-refractivity contribution < 1.29 is 28.6 Å². The molecule has 0 saturated carbocycles. The smallest absolute Gasteiger partial charge is 0.306 e. The number of rotatable bonds is 55. The molecule has 78 heavy (non-hydrogen) atoms. The number of carbonyl (C=O) groups excluding carboxylic acids is 3. The van der Waals surface area contributed by atoms with E-state index in [4.69, 9.17) is 14.2 Å². The molecule has 0 bridgehead atoms. The van der Waals surface area contributed by atoms with Crippen LogP contribution in [0.3, 0.4) is 0 Å². The first-order valence-corrected chi connectivity index (χ1v) is 31.5. The van der Waals surface area contributed by atoms with E-state index in [0.717, 1.165) is 141 Å². The number of carbonyl (C=O) groups is 3. The average Bonchev–Trinajstić information content (AvgIpc) is 3.44. The summed E-state index contributed by atoms with van der Waals surface area (Å²) in [5, 5.41) is 0. The van der Waals surface area contributed by atoms with Gasteiger partial charge in [-0.2, -0.15) is 0 Å². The van der Waals surface area contributed by atoms with Crippen molar-refractivity contribution in [1.29, 1.82) is 0 Å². The molecule has 0 aromatic heterocycles. The number of unbranched alkanes of at least 4 members (excludes halogenated alkanes) is 18. The molecule has 438 valence electrons. The Morgan fingerprint density at radius 1 is 0.269 bits per heavy atom. The summed E-state index contributed by atoms with van der Waals surface area (Å²) < 4.78 is 16.8. The fourth-order valence-corrected chi connectivity index (χ4v) is 8.11. The van der Waals surface area contributed by atoms with E-state index in [1.54, 1.807) is 0 Å². The van der Waals surface area contributed by atoms with Crippen molar-refractivity contribution in [3.8, 4) is 0 Å². The van der Waals surface area contributed by atoms with E-state index >= 15 is 0 Å². The maximum atomic E-state index is 12.9. The van der Waals surface area contributed by atoms with Gasteiger partial charge in [-0.05, 0) is 135 Å². The van der Waals surface area contributed by atoms with Gasteiger partial charge in [0, 0.05) is 19.3 Å². The van der Waals surface area contributed by atoms with Crippen LogP contribution in [0.1, 0.15) is 258 Å². The highest BCUT2D eigenvalue weighted by Crippen LogP contribution is 2.14. The molecule has 0 heterocycles. The van der Waals surface area contributed by atoms with Gasteiger partial charge in [-0.25, -0.2) is 0 Å². The molecule has 0 aromatic rings. The summed E-state index contributed by atoms with van der Waals surface area (Å²) in [5.74, 6) is -1.03. The molecule has 0 spiro atoms. The maximum absolute atomic E-state index is 12.9.